The smallest absolute Gasteiger partial charge is 0.151 e. The number of rotatable bonds is 4. The van der Waals surface area contributed by atoms with Gasteiger partial charge in [0.25, 0.3) is 0 Å². The Hall–Kier alpha value is -2.31. The van der Waals surface area contributed by atoms with Crippen molar-refractivity contribution in [2.45, 2.75) is 0 Å². The van der Waals surface area contributed by atoms with Gasteiger partial charge in [0.2, 0.25) is 0 Å². The fourth-order valence-electron chi connectivity index (χ4n) is 3.32. The fraction of sp³-hybridized carbons (Fsp3) is 0.368. The van der Waals surface area contributed by atoms with E-state index in [9.17, 15) is 0 Å². The van der Waals surface area contributed by atoms with E-state index in [1.54, 1.807) is 13.2 Å². The Bertz CT molecular complexity index is 802. The number of methoxy groups -OCH3 is 1. The summed E-state index contributed by atoms with van der Waals surface area (Å²) in [7, 11) is 1.68. The second-order valence-electron chi connectivity index (χ2n) is 6.47. The summed E-state index contributed by atoms with van der Waals surface area (Å²) in [5, 5.41) is 8.52. The number of hydrogen-bond acceptors (Lipinski definition) is 6. The molecule has 2 aliphatic heterocycles. The minimum absolute atomic E-state index is 0.425. The molecule has 6 nitrogen and oxygen atoms in total. The second kappa shape index (κ2) is 7.51. The highest BCUT2D eigenvalue weighted by molar-refractivity contribution is 6.29. The number of piperazine rings is 1. The van der Waals surface area contributed by atoms with Gasteiger partial charge in [-0.05, 0) is 42.0 Å². The molecule has 0 radical (unpaired) electrons. The van der Waals surface area contributed by atoms with Gasteiger partial charge < -0.3 is 14.4 Å². The lowest BCUT2D eigenvalue weighted by atomic mass is 10.1. The van der Waals surface area contributed by atoms with Crippen LogP contribution in [0.4, 0.5) is 5.82 Å². The monoisotopic (exact) mass is 372 g/mol. The summed E-state index contributed by atoms with van der Waals surface area (Å²) in [6.07, 6.45) is 2.22. The van der Waals surface area contributed by atoms with Gasteiger partial charge in [-0.1, -0.05) is 11.6 Å². The molecule has 0 amide bonds. The molecule has 0 N–H and O–H groups in total. The van der Waals surface area contributed by atoms with Crippen molar-refractivity contribution in [3.8, 4) is 11.5 Å². The topological polar surface area (TPSA) is 50.7 Å². The highest BCUT2D eigenvalue weighted by Gasteiger charge is 2.21. The molecular weight excluding hydrogens is 352 g/mol. The first kappa shape index (κ1) is 17.1. The highest BCUT2D eigenvalue weighted by atomic mass is 35.5. The van der Waals surface area contributed by atoms with Crippen molar-refractivity contribution in [3.63, 3.8) is 0 Å². The van der Waals surface area contributed by atoms with E-state index in [1.165, 1.54) is 5.57 Å². The van der Waals surface area contributed by atoms with Gasteiger partial charge in [-0.15, -0.1) is 10.2 Å². The van der Waals surface area contributed by atoms with Gasteiger partial charge >= 0.3 is 0 Å². The molecule has 0 aliphatic carbocycles. The molecule has 1 aromatic carbocycles. The first-order valence-corrected chi connectivity index (χ1v) is 9.06. The van der Waals surface area contributed by atoms with Crippen LogP contribution in [0.25, 0.3) is 6.08 Å². The van der Waals surface area contributed by atoms with Crippen LogP contribution in [0.15, 0.2) is 35.9 Å². The molecule has 7 heteroatoms. The second-order valence-corrected chi connectivity index (χ2v) is 6.86. The molecule has 0 unspecified atom stereocenters. The van der Waals surface area contributed by atoms with E-state index in [0.29, 0.717) is 11.8 Å². The summed E-state index contributed by atoms with van der Waals surface area (Å²) in [5.74, 6) is 2.65. The molecule has 1 fully saturated rings. The Morgan fingerprint density at radius 1 is 1.12 bits per heavy atom. The molecule has 1 saturated heterocycles. The standard InChI is InChI=1S/C19H21ClN4O2/c1-25-16-2-3-17-15(11-16)10-14(13-26-17)12-23-6-8-24(9-7-23)19-5-4-18(20)21-22-19/h2-5,10-11H,6-9,12-13H2,1H3. The number of benzene rings is 1. The summed E-state index contributed by atoms with van der Waals surface area (Å²) >= 11 is 5.81. The van der Waals surface area contributed by atoms with Crippen molar-refractivity contribution >= 4 is 23.5 Å². The Labute approximate surface area is 158 Å². The maximum Gasteiger partial charge on any atom is 0.151 e. The number of aromatic nitrogens is 2. The molecular formula is C19H21ClN4O2. The maximum atomic E-state index is 5.89. The van der Waals surface area contributed by atoms with Gasteiger partial charge in [0.15, 0.2) is 11.0 Å². The lowest BCUT2D eigenvalue weighted by Gasteiger charge is -2.35. The van der Waals surface area contributed by atoms with Crippen LogP contribution in [-0.2, 0) is 0 Å². The molecule has 0 atom stereocenters. The van der Waals surface area contributed by atoms with E-state index in [-0.39, 0.29) is 0 Å². The maximum absolute atomic E-state index is 5.89. The summed E-state index contributed by atoms with van der Waals surface area (Å²) in [5.41, 5.74) is 2.37. The van der Waals surface area contributed by atoms with Crippen LogP contribution >= 0.6 is 11.6 Å². The Morgan fingerprint density at radius 2 is 1.96 bits per heavy atom. The molecule has 26 heavy (non-hydrogen) atoms. The molecule has 2 aromatic rings. The minimum atomic E-state index is 0.425. The van der Waals surface area contributed by atoms with Crippen molar-refractivity contribution in [1.82, 2.24) is 15.1 Å². The zero-order valence-corrected chi connectivity index (χ0v) is 15.4. The molecule has 1 aromatic heterocycles. The van der Waals surface area contributed by atoms with Gasteiger partial charge in [-0.2, -0.15) is 0 Å². The van der Waals surface area contributed by atoms with Crippen molar-refractivity contribution in [2.24, 2.45) is 0 Å². The summed E-state index contributed by atoms with van der Waals surface area (Å²) < 4.78 is 11.2. The lowest BCUT2D eigenvalue weighted by Crippen LogP contribution is -2.47. The van der Waals surface area contributed by atoms with E-state index in [1.807, 2.05) is 24.3 Å². The van der Waals surface area contributed by atoms with Crippen molar-refractivity contribution in [2.75, 3.05) is 51.3 Å². The molecule has 2 aliphatic rings. The van der Waals surface area contributed by atoms with Gasteiger partial charge in [-0.3, -0.25) is 4.90 Å². The first-order chi connectivity index (χ1) is 12.7. The number of anilines is 1. The zero-order valence-electron chi connectivity index (χ0n) is 14.7. The predicted octanol–water partition coefficient (Wildman–Crippen LogP) is 2.74. The Morgan fingerprint density at radius 3 is 2.69 bits per heavy atom. The average molecular weight is 373 g/mol. The quantitative estimate of drug-likeness (QED) is 0.822. The predicted molar refractivity (Wildman–Crippen MR) is 102 cm³/mol. The third kappa shape index (κ3) is 3.76. The third-order valence-electron chi connectivity index (χ3n) is 4.73. The zero-order chi connectivity index (χ0) is 17.9. The molecule has 3 heterocycles. The Kier molecular flexibility index (Phi) is 4.95. The van der Waals surface area contributed by atoms with E-state index in [4.69, 9.17) is 21.1 Å². The van der Waals surface area contributed by atoms with Crippen molar-refractivity contribution in [1.29, 1.82) is 0 Å². The number of fused-ring (bicyclic) bond motifs is 1. The van der Waals surface area contributed by atoms with Crippen molar-refractivity contribution in [3.05, 3.63) is 46.6 Å². The average Bonchev–Trinajstić information content (AvgIpc) is 2.69. The number of ether oxygens (including phenoxy) is 2. The van der Waals surface area contributed by atoms with Gasteiger partial charge in [0, 0.05) is 38.3 Å². The van der Waals surface area contributed by atoms with Crippen LogP contribution in [0.1, 0.15) is 5.56 Å². The summed E-state index contributed by atoms with van der Waals surface area (Å²) in [4.78, 5) is 4.69. The minimum Gasteiger partial charge on any atom is -0.497 e. The third-order valence-corrected chi connectivity index (χ3v) is 4.93. The van der Waals surface area contributed by atoms with Crippen LogP contribution in [-0.4, -0.2) is 61.5 Å². The molecule has 4 rings (SSSR count). The molecule has 136 valence electrons. The molecule has 0 bridgehead atoms. The fourth-order valence-corrected chi connectivity index (χ4v) is 3.42. The van der Waals surface area contributed by atoms with E-state index >= 15 is 0 Å². The number of hydrogen-bond donors (Lipinski definition) is 0. The van der Waals surface area contributed by atoms with E-state index in [0.717, 1.165) is 55.6 Å². The number of halogens is 1. The largest absolute Gasteiger partial charge is 0.497 e. The van der Waals surface area contributed by atoms with Crippen LogP contribution in [0.2, 0.25) is 5.15 Å². The van der Waals surface area contributed by atoms with Gasteiger partial charge in [0.05, 0.1) is 7.11 Å². The van der Waals surface area contributed by atoms with Crippen LogP contribution in [0.3, 0.4) is 0 Å². The molecule has 0 saturated carbocycles. The number of nitrogens with zero attached hydrogens (tertiary/aromatic N) is 4. The van der Waals surface area contributed by atoms with Gasteiger partial charge in [0.1, 0.15) is 18.1 Å². The van der Waals surface area contributed by atoms with Crippen molar-refractivity contribution < 1.29 is 9.47 Å². The normalized spacial score (nSPS) is 17.3. The van der Waals surface area contributed by atoms with E-state index in [2.05, 4.69) is 26.1 Å². The molecule has 0 spiro atoms. The SMILES string of the molecule is COc1ccc2c(c1)C=C(CN1CCN(c3ccc(Cl)nn3)CC1)CO2. The highest BCUT2D eigenvalue weighted by Crippen LogP contribution is 2.30. The van der Waals surface area contributed by atoms with Crippen LogP contribution < -0.4 is 14.4 Å². The lowest BCUT2D eigenvalue weighted by molar-refractivity contribution is 0.259. The van der Waals surface area contributed by atoms with Crippen LogP contribution in [0, 0.1) is 0 Å². The van der Waals surface area contributed by atoms with Gasteiger partial charge in [-0.25, -0.2) is 0 Å². The summed E-state index contributed by atoms with van der Waals surface area (Å²) in [6, 6.07) is 9.62. The Balaban J connectivity index is 1.37. The first-order valence-electron chi connectivity index (χ1n) is 8.68. The van der Waals surface area contributed by atoms with Crippen LogP contribution in [0.5, 0.6) is 11.5 Å². The van der Waals surface area contributed by atoms with E-state index < -0.39 is 0 Å². The summed E-state index contributed by atoms with van der Waals surface area (Å²) in [6.45, 7) is 5.36.